The van der Waals surface area contributed by atoms with E-state index in [4.69, 9.17) is 0 Å². The molecular weight excluding hydrogens is 256 g/mol. The highest BCUT2D eigenvalue weighted by Crippen LogP contribution is 2.08. The molecule has 0 bridgehead atoms. The Labute approximate surface area is 120 Å². The highest BCUT2D eigenvalue weighted by Gasteiger charge is 2.18. The fourth-order valence-corrected chi connectivity index (χ4v) is 2.21. The van der Waals surface area contributed by atoms with Gasteiger partial charge in [0, 0.05) is 19.6 Å². The summed E-state index contributed by atoms with van der Waals surface area (Å²) in [5.41, 5.74) is 0. The smallest absolute Gasteiger partial charge is 0.315 e. The summed E-state index contributed by atoms with van der Waals surface area (Å²) in [5, 5.41) is 13.6. The molecular formula is C13H26N6O. The molecule has 0 fully saturated rings. The Morgan fingerprint density at radius 1 is 1.40 bits per heavy atom. The average molecular weight is 282 g/mol. The summed E-state index contributed by atoms with van der Waals surface area (Å²) in [6, 6.07) is -0.0572. The minimum atomic E-state index is -0.187. The largest absolute Gasteiger partial charge is 0.337 e. The maximum atomic E-state index is 11.9. The number of carbonyl (C=O) groups is 1. The van der Waals surface area contributed by atoms with Gasteiger partial charge in [0.15, 0.2) is 5.82 Å². The highest BCUT2D eigenvalue weighted by atomic mass is 16.2. The predicted octanol–water partition coefficient (Wildman–Crippen LogP) is 0.762. The molecule has 0 aliphatic rings. The average Bonchev–Trinajstić information content (AvgIpc) is 2.74. The van der Waals surface area contributed by atoms with Gasteiger partial charge in [-0.2, -0.15) is 0 Å². The lowest BCUT2D eigenvalue weighted by molar-refractivity contribution is 0.211. The van der Waals surface area contributed by atoms with Gasteiger partial charge in [-0.1, -0.05) is 13.8 Å². The van der Waals surface area contributed by atoms with Crippen LogP contribution in [0, 0.1) is 5.92 Å². The molecule has 0 radical (unpaired) electrons. The van der Waals surface area contributed by atoms with E-state index in [1.54, 1.807) is 10.9 Å². The van der Waals surface area contributed by atoms with Crippen molar-refractivity contribution in [2.75, 3.05) is 20.6 Å². The molecule has 0 spiro atoms. The summed E-state index contributed by atoms with van der Waals surface area (Å²) in [4.78, 5) is 14.0. The number of urea groups is 1. The number of hydrogen-bond donors (Lipinski definition) is 2. The first-order valence-corrected chi connectivity index (χ1v) is 6.87. The third-order valence-electron chi connectivity index (χ3n) is 3.39. The standard InChI is InChI=1S/C13H26N6O/c1-9(2)11(18(4)5)7-14-13(20)16-10(3)12-17-15-8-19(12)6/h8-11H,7H2,1-6H3,(H2,14,16,20)/t10-,11-/m1/s1. The van der Waals surface area contributed by atoms with Gasteiger partial charge >= 0.3 is 6.03 Å². The van der Waals surface area contributed by atoms with E-state index < -0.39 is 0 Å². The van der Waals surface area contributed by atoms with Gasteiger partial charge in [0.1, 0.15) is 6.33 Å². The molecule has 20 heavy (non-hydrogen) atoms. The van der Waals surface area contributed by atoms with Crippen LogP contribution in [0.2, 0.25) is 0 Å². The zero-order valence-corrected chi connectivity index (χ0v) is 13.2. The zero-order valence-electron chi connectivity index (χ0n) is 13.2. The molecule has 2 amide bonds. The second kappa shape index (κ2) is 7.23. The van der Waals surface area contributed by atoms with E-state index in [1.807, 2.05) is 28.1 Å². The number of nitrogens with one attached hydrogen (secondary N) is 2. The van der Waals surface area contributed by atoms with Crippen LogP contribution < -0.4 is 10.6 Å². The Balaban J connectivity index is 2.46. The molecule has 0 unspecified atom stereocenters. The fourth-order valence-electron chi connectivity index (χ4n) is 2.21. The van der Waals surface area contributed by atoms with E-state index in [0.29, 0.717) is 18.5 Å². The van der Waals surface area contributed by atoms with Crippen molar-refractivity contribution in [3.05, 3.63) is 12.2 Å². The lowest BCUT2D eigenvalue weighted by atomic mass is 10.0. The predicted molar refractivity (Wildman–Crippen MR) is 78.3 cm³/mol. The van der Waals surface area contributed by atoms with Gasteiger partial charge in [-0.05, 0) is 26.9 Å². The van der Waals surface area contributed by atoms with Crippen molar-refractivity contribution >= 4 is 6.03 Å². The molecule has 114 valence electrons. The van der Waals surface area contributed by atoms with Crippen molar-refractivity contribution < 1.29 is 4.79 Å². The molecule has 7 heteroatoms. The SMILES string of the molecule is CC(C)[C@@H](CNC(=O)N[C@H](C)c1nncn1C)N(C)C. The first-order valence-electron chi connectivity index (χ1n) is 6.87. The van der Waals surface area contributed by atoms with Crippen LogP contribution in [0.4, 0.5) is 4.79 Å². The van der Waals surface area contributed by atoms with Crippen LogP contribution in [0.15, 0.2) is 6.33 Å². The summed E-state index contributed by atoms with van der Waals surface area (Å²) in [5.74, 6) is 1.20. The molecule has 1 aromatic heterocycles. The van der Waals surface area contributed by atoms with E-state index in [-0.39, 0.29) is 12.1 Å². The van der Waals surface area contributed by atoms with Gasteiger partial charge in [0.2, 0.25) is 0 Å². The van der Waals surface area contributed by atoms with Gasteiger partial charge in [-0.25, -0.2) is 4.79 Å². The van der Waals surface area contributed by atoms with Crippen molar-refractivity contribution in [1.82, 2.24) is 30.3 Å². The fraction of sp³-hybridized carbons (Fsp3) is 0.769. The molecule has 1 aromatic rings. The van der Waals surface area contributed by atoms with Gasteiger partial charge < -0.3 is 20.1 Å². The Bertz CT molecular complexity index is 420. The molecule has 1 heterocycles. The van der Waals surface area contributed by atoms with Crippen molar-refractivity contribution in [2.45, 2.75) is 32.9 Å². The monoisotopic (exact) mass is 282 g/mol. The number of rotatable bonds is 6. The van der Waals surface area contributed by atoms with Crippen molar-refractivity contribution in [3.8, 4) is 0 Å². The number of hydrogen-bond acceptors (Lipinski definition) is 4. The Kier molecular flexibility index (Phi) is 5.94. The number of aromatic nitrogens is 3. The maximum Gasteiger partial charge on any atom is 0.315 e. The molecule has 0 aliphatic carbocycles. The molecule has 0 aromatic carbocycles. The summed E-state index contributed by atoms with van der Waals surface area (Å²) in [7, 11) is 5.89. The Morgan fingerprint density at radius 3 is 2.50 bits per heavy atom. The van der Waals surface area contributed by atoms with E-state index in [9.17, 15) is 4.79 Å². The third-order valence-corrected chi connectivity index (χ3v) is 3.39. The molecule has 7 nitrogen and oxygen atoms in total. The Morgan fingerprint density at radius 2 is 2.05 bits per heavy atom. The number of carbonyl (C=O) groups excluding carboxylic acids is 1. The summed E-state index contributed by atoms with van der Waals surface area (Å²) in [6.07, 6.45) is 1.62. The number of likely N-dealkylation sites (N-methyl/N-ethyl adjacent to an activating group) is 1. The van der Waals surface area contributed by atoms with Crippen LogP contribution in [0.1, 0.15) is 32.6 Å². The van der Waals surface area contributed by atoms with Gasteiger partial charge in [-0.15, -0.1) is 10.2 Å². The van der Waals surface area contributed by atoms with E-state index >= 15 is 0 Å². The molecule has 0 saturated carbocycles. The molecule has 1 rings (SSSR count). The van der Waals surface area contributed by atoms with E-state index in [2.05, 4.69) is 39.6 Å². The lowest BCUT2D eigenvalue weighted by Crippen LogP contribution is -2.46. The third kappa shape index (κ3) is 4.48. The number of nitrogens with zero attached hydrogens (tertiary/aromatic N) is 4. The van der Waals surface area contributed by atoms with Gasteiger partial charge in [0.25, 0.3) is 0 Å². The van der Waals surface area contributed by atoms with Crippen molar-refractivity contribution in [1.29, 1.82) is 0 Å². The normalized spacial score (nSPS) is 14.4. The minimum absolute atomic E-state index is 0.181. The number of aryl methyl sites for hydroxylation is 1. The minimum Gasteiger partial charge on any atom is -0.337 e. The van der Waals surface area contributed by atoms with Crippen LogP contribution in [0.3, 0.4) is 0 Å². The first kappa shape index (κ1) is 16.4. The van der Waals surface area contributed by atoms with Crippen molar-refractivity contribution in [2.24, 2.45) is 13.0 Å². The lowest BCUT2D eigenvalue weighted by Gasteiger charge is -2.28. The van der Waals surface area contributed by atoms with Crippen LogP contribution in [-0.2, 0) is 7.05 Å². The second-order valence-corrected chi connectivity index (χ2v) is 5.65. The second-order valence-electron chi connectivity index (χ2n) is 5.65. The highest BCUT2D eigenvalue weighted by molar-refractivity contribution is 5.74. The molecule has 0 saturated heterocycles. The Hall–Kier alpha value is -1.63. The first-order chi connectivity index (χ1) is 9.32. The van der Waals surface area contributed by atoms with Crippen LogP contribution in [-0.4, -0.2) is 52.4 Å². The number of amides is 2. The van der Waals surface area contributed by atoms with Crippen LogP contribution >= 0.6 is 0 Å². The summed E-state index contributed by atoms with van der Waals surface area (Å²) >= 11 is 0. The van der Waals surface area contributed by atoms with Gasteiger partial charge in [0.05, 0.1) is 6.04 Å². The van der Waals surface area contributed by atoms with Crippen LogP contribution in [0.25, 0.3) is 0 Å². The van der Waals surface area contributed by atoms with Crippen molar-refractivity contribution in [3.63, 3.8) is 0 Å². The van der Waals surface area contributed by atoms with Gasteiger partial charge in [-0.3, -0.25) is 0 Å². The van der Waals surface area contributed by atoms with E-state index in [0.717, 1.165) is 5.82 Å². The quantitative estimate of drug-likeness (QED) is 0.808. The molecule has 2 N–H and O–H groups in total. The zero-order chi connectivity index (χ0) is 15.3. The van der Waals surface area contributed by atoms with Crippen LogP contribution in [0.5, 0.6) is 0 Å². The maximum absolute atomic E-state index is 11.9. The summed E-state index contributed by atoms with van der Waals surface area (Å²) < 4.78 is 1.79. The van der Waals surface area contributed by atoms with E-state index in [1.165, 1.54) is 0 Å². The summed E-state index contributed by atoms with van der Waals surface area (Å²) in [6.45, 7) is 6.79. The topological polar surface area (TPSA) is 75.1 Å². The molecule has 0 aliphatic heterocycles. The molecule has 2 atom stereocenters.